The summed E-state index contributed by atoms with van der Waals surface area (Å²) in [4.78, 5) is 11.8. The second-order valence-corrected chi connectivity index (χ2v) is 7.56. The monoisotopic (exact) mass is 369 g/mol. The SMILES string of the molecule is Cc1noc(C)c1S(=O)(=O)N1CCC[C@@H](C(=O)NCC(F)(F)F)C1. The van der Waals surface area contributed by atoms with E-state index in [9.17, 15) is 26.4 Å². The molecule has 7 nitrogen and oxygen atoms in total. The molecule has 1 aliphatic heterocycles. The van der Waals surface area contributed by atoms with Crippen LogP contribution >= 0.6 is 0 Å². The number of hydrogen-bond acceptors (Lipinski definition) is 5. The zero-order chi connectivity index (χ0) is 18.1. The molecule has 136 valence electrons. The number of carbonyl (C=O) groups is 1. The van der Waals surface area contributed by atoms with Crippen molar-refractivity contribution in [2.24, 2.45) is 5.92 Å². The minimum Gasteiger partial charge on any atom is -0.360 e. The van der Waals surface area contributed by atoms with Gasteiger partial charge in [-0.1, -0.05) is 5.16 Å². The van der Waals surface area contributed by atoms with Gasteiger partial charge in [-0.2, -0.15) is 17.5 Å². The number of piperidine rings is 1. The maximum absolute atomic E-state index is 12.7. The molecule has 1 aromatic heterocycles. The lowest BCUT2D eigenvalue weighted by Gasteiger charge is -2.31. The van der Waals surface area contributed by atoms with Gasteiger partial charge in [0.15, 0.2) is 5.76 Å². The van der Waals surface area contributed by atoms with Gasteiger partial charge in [0.2, 0.25) is 15.9 Å². The molecule has 0 bridgehead atoms. The van der Waals surface area contributed by atoms with Gasteiger partial charge in [-0.25, -0.2) is 8.42 Å². The number of aryl methyl sites for hydroxylation is 2. The van der Waals surface area contributed by atoms with Crippen molar-refractivity contribution in [1.82, 2.24) is 14.8 Å². The topological polar surface area (TPSA) is 92.5 Å². The first-order chi connectivity index (χ1) is 11.0. The van der Waals surface area contributed by atoms with Crippen LogP contribution in [0.4, 0.5) is 13.2 Å². The molecule has 2 rings (SSSR count). The zero-order valence-corrected chi connectivity index (χ0v) is 14.0. The number of carbonyl (C=O) groups excluding carboxylic acids is 1. The number of halogens is 3. The molecule has 1 saturated heterocycles. The Morgan fingerprint density at radius 1 is 1.42 bits per heavy atom. The van der Waals surface area contributed by atoms with Gasteiger partial charge >= 0.3 is 6.18 Å². The summed E-state index contributed by atoms with van der Waals surface area (Å²) in [5.41, 5.74) is 0.205. The highest BCUT2D eigenvalue weighted by atomic mass is 32.2. The van der Waals surface area contributed by atoms with Crippen LogP contribution in [0.5, 0.6) is 0 Å². The summed E-state index contributed by atoms with van der Waals surface area (Å²) in [6.45, 7) is 1.54. The molecule has 0 saturated carbocycles. The standard InChI is InChI=1S/C13H18F3N3O4S/c1-8-11(9(2)23-18-8)24(21,22)19-5-3-4-10(6-19)12(20)17-7-13(14,15)16/h10H,3-7H2,1-2H3,(H,17,20)/t10-/m1/s1. The minimum absolute atomic E-state index is 0.0566. The molecule has 0 unspecified atom stereocenters. The van der Waals surface area contributed by atoms with Crippen LogP contribution in [0, 0.1) is 19.8 Å². The molecular weight excluding hydrogens is 351 g/mol. The smallest absolute Gasteiger partial charge is 0.360 e. The van der Waals surface area contributed by atoms with E-state index in [1.54, 1.807) is 5.32 Å². The van der Waals surface area contributed by atoms with Crippen LogP contribution in [0.1, 0.15) is 24.3 Å². The Morgan fingerprint density at radius 3 is 2.62 bits per heavy atom. The van der Waals surface area contributed by atoms with E-state index in [0.717, 1.165) is 4.31 Å². The van der Waals surface area contributed by atoms with Crippen LogP contribution in [0.25, 0.3) is 0 Å². The molecule has 0 radical (unpaired) electrons. The highest BCUT2D eigenvalue weighted by molar-refractivity contribution is 7.89. The van der Waals surface area contributed by atoms with E-state index in [4.69, 9.17) is 4.52 Å². The maximum Gasteiger partial charge on any atom is 0.405 e. The van der Waals surface area contributed by atoms with E-state index in [1.165, 1.54) is 13.8 Å². The summed E-state index contributed by atoms with van der Waals surface area (Å²) in [5.74, 6) is -1.49. The summed E-state index contributed by atoms with van der Waals surface area (Å²) in [7, 11) is -3.91. The van der Waals surface area contributed by atoms with Crippen LogP contribution in [0.2, 0.25) is 0 Å². The van der Waals surface area contributed by atoms with Gasteiger partial charge in [0.1, 0.15) is 17.1 Å². The van der Waals surface area contributed by atoms with E-state index < -0.39 is 34.6 Å². The molecule has 1 fully saturated rings. The third-order valence-corrected chi connectivity index (χ3v) is 5.89. The van der Waals surface area contributed by atoms with Crippen LogP contribution in [-0.2, 0) is 14.8 Å². The van der Waals surface area contributed by atoms with Crippen molar-refractivity contribution in [3.63, 3.8) is 0 Å². The Hall–Kier alpha value is -1.62. The summed E-state index contributed by atoms with van der Waals surface area (Å²) in [6, 6.07) is 0. The number of alkyl halides is 3. The molecule has 0 aliphatic carbocycles. The molecule has 24 heavy (non-hydrogen) atoms. The number of sulfonamides is 1. The second-order valence-electron chi connectivity index (χ2n) is 5.69. The van der Waals surface area contributed by atoms with Gasteiger partial charge in [-0.15, -0.1) is 0 Å². The average Bonchev–Trinajstić information content (AvgIpc) is 2.83. The minimum atomic E-state index is -4.51. The molecule has 2 heterocycles. The Bertz CT molecular complexity index is 695. The van der Waals surface area contributed by atoms with Crippen molar-refractivity contribution < 1.29 is 30.9 Å². The molecular formula is C13H18F3N3O4S. The molecule has 1 atom stereocenters. The largest absolute Gasteiger partial charge is 0.405 e. The molecule has 0 aromatic carbocycles. The highest BCUT2D eigenvalue weighted by Gasteiger charge is 2.37. The van der Waals surface area contributed by atoms with Crippen molar-refractivity contribution in [3.8, 4) is 0 Å². The molecule has 1 N–H and O–H groups in total. The van der Waals surface area contributed by atoms with E-state index >= 15 is 0 Å². The first-order valence-corrected chi connectivity index (χ1v) is 8.74. The van der Waals surface area contributed by atoms with Crippen LogP contribution < -0.4 is 5.32 Å². The van der Waals surface area contributed by atoms with Crippen molar-refractivity contribution in [2.45, 2.75) is 37.8 Å². The van der Waals surface area contributed by atoms with E-state index in [1.807, 2.05) is 0 Å². The number of nitrogens with one attached hydrogen (secondary N) is 1. The lowest BCUT2D eigenvalue weighted by Crippen LogP contribution is -2.47. The number of aromatic nitrogens is 1. The van der Waals surface area contributed by atoms with Crippen LogP contribution in [-0.4, -0.2) is 49.6 Å². The van der Waals surface area contributed by atoms with Gasteiger partial charge < -0.3 is 9.84 Å². The second kappa shape index (κ2) is 6.71. The predicted octanol–water partition coefficient (Wildman–Crippen LogP) is 1.37. The summed E-state index contributed by atoms with van der Waals surface area (Å²) in [6.07, 6.45) is -3.79. The Labute approximate surface area is 137 Å². The molecule has 11 heteroatoms. The van der Waals surface area contributed by atoms with Crippen molar-refractivity contribution >= 4 is 15.9 Å². The van der Waals surface area contributed by atoms with Gasteiger partial charge in [0.05, 0.1) is 5.92 Å². The first-order valence-electron chi connectivity index (χ1n) is 7.30. The Morgan fingerprint density at radius 2 is 2.08 bits per heavy atom. The van der Waals surface area contributed by atoms with Crippen molar-refractivity contribution in [2.75, 3.05) is 19.6 Å². The molecule has 1 aliphatic rings. The average molecular weight is 369 g/mol. The normalized spacial score (nSPS) is 20.1. The maximum atomic E-state index is 12.7. The molecule has 0 spiro atoms. The van der Waals surface area contributed by atoms with Crippen LogP contribution in [0.3, 0.4) is 0 Å². The lowest BCUT2D eigenvalue weighted by molar-refractivity contribution is -0.141. The van der Waals surface area contributed by atoms with Crippen molar-refractivity contribution in [1.29, 1.82) is 0 Å². The third-order valence-electron chi connectivity index (χ3n) is 3.78. The van der Waals surface area contributed by atoms with Gasteiger partial charge in [0.25, 0.3) is 0 Å². The Kier molecular flexibility index (Phi) is 5.23. The van der Waals surface area contributed by atoms with E-state index in [0.29, 0.717) is 12.8 Å². The fraction of sp³-hybridized carbons (Fsp3) is 0.692. The van der Waals surface area contributed by atoms with E-state index in [-0.39, 0.29) is 29.4 Å². The summed E-state index contributed by atoms with van der Waals surface area (Å²) >= 11 is 0. The Balaban J connectivity index is 2.12. The fourth-order valence-corrected chi connectivity index (χ4v) is 4.49. The summed E-state index contributed by atoms with van der Waals surface area (Å²) in [5, 5.41) is 5.41. The number of rotatable bonds is 4. The van der Waals surface area contributed by atoms with Gasteiger partial charge in [-0.05, 0) is 26.7 Å². The zero-order valence-electron chi connectivity index (χ0n) is 13.2. The van der Waals surface area contributed by atoms with E-state index in [2.05, 4.69) is 5.16 Å². The number of hydrogen-bond donors (Lipinski definition) is 1. The fourth-order valence-electron chi connectivity index (χ4n) is 2.68. The highest BCUT2D eigenvalue weighted by Crippen LogP contribution is 2.27. The summed E-state index contributed by atoms with van der Waals surface area (Å²) < 4.78 is 67.9. The first kappa shape index (κ1) is 18.7. The number of amides is 1. The third kappa shape index (κ3) is 4.07. The lowest BCUT2D eigenvalue weighted by atomic mass is 9.99. The molecule has 1 amide bonds. The predicted molar refractivity (Wildman–Crippen MR) is 76.5 cm³/mol. The number of nitrogens with zero attached hydrogens (tertiary/aromatic N) is 2. The quantitative estimate of drug-likeness (QED) is 0.865. The molecule has 1 aromatic rings. The van der Waals surface area contributed by atoms with Gasteiger partial charge in [-0.3, -0.25) is 4.79 Å². The van der Waals surface area contributed by atoms with Crippen LogP contribution in [0.15, 0.2) is 9.42 Å². The van der Waals surface area contributed by atoms with Gasteiger partial charge in [0, 0.05) is 13.1 Å². The van der Waals surface area contributed by atoms with Crippen molar-refractivity contribution in [3.05, 3.63) is 11.5 Å².